The Bertz CT molecular complexity index is 1110. The molecular weight excluding hydrogens is 400 g/mol. The van der Waals surface area contributed by atoms with Crippen molar-refractivity contribution in [2.24, 2.45) is 16.1 Å². The number of hydrogen-bond donors (Lipinski definition) is 1. The van der Waals surface area contributed by atoms with E-state index in [1.54, 1.807) is 38.1 Å². The minimum Gasteiger partial charge on any atom is -0.290 e. The first kappa shape index (κ1) is 21.7. The molecule has 0 aliphatic heterocycles. The zero-order valence-corrected chi connectivity index (χ0v) is 18.3. The largest absolute Gasteiger partial charge is 0.301 e. The van der Waals surface area contributed by atoms with Gasteiger partial charge in [0.15, 0.2) is 5.69 Å². The maximum atomic E-state index is 13.0. The fraction of sp³-hybridized carbons (Fsp3) is 0.304. The second kappa shape index (κ2) is 9.22. The number of azo groups is 1. The molecule has 0 saturated carbocycles. The zero-order valence-electron chi connectivity index (χ0n) is 17.5. The van der Waals surface area contributed by atoms with Gasteiger partial charge in [0.25, 0.3) is 5.91 Å². The van der Waals surface area contributed by atoms with E-state index in [0.29, 0.717) is 22.3 Å². The predicted molar refractivity (Wildman–Crippen MR) is 119 cm³/mol. The van der Waals surface area contributed by atoms with E-state index in [0.717, 1.165) is 16.7 Å². The first-order valence-corrected chi connectivity index (χ1v) is 10.3. The molecule has 0 fully saturated rings. The van der Waals surface area contributed by atoms with Gasteiger partial charge in [0.2, 0.25) is 0 Å². The lowest BCUT2D eigenvalue weighted by Gasteiger charge is -2.12. The Morgan fingerprint density at radius 1 is 1.03 bits per heavy atom. The third-order valence-corrected chi connectivity index (χ3v) is 5.10. The van der Waals surface area contributed by atoms with Crippen LogP contribution in [0, 0.1) is 12.8 Å². The molecule has 1 atom stereocenters. The molecule has 1 heterocycles. The molecule has 1 N–H and O–H groups in total. The van der Waals surface area contributed by atoms with Crippen molar-refractivity contribution in [2.45, 2.75) is 40.0 Å². The van der Waals surface area contributed by atoms with Gasteiger partial charge < -0.3 is 0 Å². The fourth-order valence-corrected chi connectivity index (χ4v) is 3.30. The van der Waals surface area contributed by atoms with E-state index >= 15 is 0 Å². The molecule has 0 amide bonds. The summed E-state index contributed by atoms with van der Waals surface area (Å²) in [5.41, 5.74) is 2.72. The molecule has 0 saturated heterocycles. The topological polar surface area (TPSA) is 79.6 Å². The Hall–Kier alpha value is -2.99. The Balaban J connectivity index is 1.82. The number of benzene rings is 2. The minimum absolute atomic E-state index is 0.109. The van der Waals surface area contributed by atoms with Crippen LogP contribution in [0.4, 0.5) is 11.4 Å². The van der Waals surface area contributed by atoms with Crippen LogP contribution in [-0.2, 0) is 6.42 Å². The van der Waals surface area contributed by atoms with Gasteiger partial charge in [-0.05, 0) is 61.6 Å². The number of halogens is 1. The SMILES string of the molecule is Cc1[nH]n(C(=O)C(C)c2ccc(CC(C)C)cc2)c(=O)c1N=Nc1ccc(Cl)cc1. The molecule has 0 bridgehead atoms. The molecule has 1 aromatic heterocycles. The van der Waals surface area contributed by atoms with E-state index in [1.807, 2.05) is 24.3 Å². The number of H-pyrrole nitrogens is 1. The standard InChI is InChI=1S/C23H25ClN4O2/c1-14(2)13-17-5-7-18(8-6-17)15(3)22(29)28-23(30)21(16(4)27-28)26-25-20-11-9-19(24)10-12-20/h5-12,14-15,27H,13H2,1-4H3. The zero-order chi connectivity index (χ0) is 21.8. The molecule has 0 spiro atoms. The number of aromatic nitrogens is 2. The predicted octanol–water partition coefficient (Wildman–Crippen LogP) is 6.20. The van der Waals surface area contributed by atoms with Crippen LogP contribution in [0.25, 0.3) is 0 Å². The number of aromatic amines is 1. The Labute approximate surface area is 180 Å². The summed E-state index contributed by atoms with van der Waals surface area (Å²) in [7, 11) is 0. The van der Waals surface area contributed by atoms with Crippen molar-refractivity contribution in [2.75, 3.05) is 0 Å². The van der Waals surface area contributed by atoms with Crippen molar-refractivity contribution >= 4 is 28.9 Å². The summed E-state index contributed by atoms with van der Waals surface area (Å²) < 4.78 is 1.01. The van der Waals surface area contributed by atoms with Crippen molar-refractivity contribution in [1.29, 1.82) is 0 Å². The normalized spacial score (nSPS) is 12.6. The number of carbonyl (C=O) groups is 1. The van der Waals surface area contributed by atoms with Crippen molar-refractivity contribution in [3.05, 3.63) is 80.7 Å². The molecule has 0 radical (unpaired) electrons. The van der Waals surface area contributed by atoms with Crippen molar-refractivity contribution in [3.63, 3.8) is 0 Å². The average Bonchev–Trinajstić information content (AvgIpc) is 3.00. The van der Waals surface area contributed by atoms with Crippen LogP contribution in [0.3, 0.4) is 0 Å². The summed E-state index contributed by atoms with van der Waals surface area (Å²) in [6, 6.07) is 14.7. The van der Waals surface area contributed by atoms with Crippen molar-refractivity contribution in [3.8, 4) is 0 Å². The molecule has 0 aliphatic rings. The Morgan fingerprint density at radius 3 is 2.27 bits per heavy atom. The van der Waals surface area contributed by atoms with Crippen LogP contribution in [0.5, 0.6) is 0 Å². The summed E-state index contributed by atoms with van der Waals surface area (Å²) in [6.07, 6.45) is 0.986. The monoisotopic (exact) mass is 424 g/mol. The lowest BCUT2D eigenvalue weighted by atomic mass is 9.96. The first-order chi connectivity index (χ1) is 14.3. The number of carbonyl (C=O) groups excluding carboxylic acids is 1. The van der Waals surface area contributed by atoms with Gasteiger partial charge in [0.1, 0.15) is 0 Å². The molecule has 1 unspecified atom stereocenters. The highest BCUT2D eigenvalue weighted by atomic mass is 35.5. The second-order valence-corrected chi connectivity index (χ2v) is 8.24. The molecule has 2 aromatic carbocycles. The maximum Gasteiger partial charge on any atom is 0.301 e. The number of aryl methyl sites for hydroxylation is 1. The van der Waals surface area contributed by atoms with Crippen LogP contribution in [-0.4, -0.2) is 15.7 Å². The summed E-state index contributed by atoms with van der Waals surface area (Å²) >= 11 is 5.86. The molecular formula is C23H25ClN4O2. The third-order valence-electron chi connectivity index (χ3n) is 4.85. The highest BCUT2D eigenvalue weighted by Gasteiger charge is 2.22. The first-order valence-electron chi connectivity index (χ1n) is 9.88. The van der Waals surface area contributed by atoms with Crippen LogP contribution in [0.2, 0.25) is 5.02 Å². The van der Waals surface area contributed by atoms with Gasteiger partial charge in [-0.15, -0.1) is 5.11 Å². The quantitative estimate of drug-likeness (QED) is 0.478. The van der Waals surface area contributed by atoms with Crippen LogP contribution in [0.1, 0.15) is 48.3 Å². The number of nitrogens with one attached hydrogen (secondary N) is 1. The van der Waals surface area contributed by atoms with Gasteiger partial charge in [-0.1, -0.05) is 49.7 Å². The highest BCUT2D eigenvalue weighted by Crippen LogP contribution is 2.22. The fourth-order valence-electron chi connectivity index (χ4n) is 3.18. The van der Waals surface area contributed by atoms with Crippen molar-refractivity contribution in [1.82, 2.24) is 9.78 Å². The highest BCUT2D eigenvalue weighted by molar-refractivity contribution is 6.30. The maximum absolute atomic E-state index is 13.0. The van der Waals surface area contributed by atoms with Gasteiger partial charge in [0, 0.05) is 5.02 Å². The minimum atomic E-state index is -0.515. The van der Waals surface area contributed by atoms with Crippen LogP contribution in [0.15, 0.2) is 63.6 Å². The second-order valence-electron chi connectivity index (χ2n) is 7.80. The Morgan fingerprint density at radius 2 is 1.67 bits per heavy atom. The van der Waals surface area contributed by atoms with Gasteiger partial charge in [-0.2, -0.15) is 9.80 Å². The Kier molecular flexibility index (Phi) is 6.67. The van der Waals surface area contributed by atoms with Gasteiger partial charge in [-0.25, -0.2) is 0 Å². The van der Waals surface area contributed by atoms with Gasteiger partial charge in [0.05, 0.1) is 17.3 Å². The number of hydrogen-bond acceptors (Lipinski definition) is 4. The van der Waals surface area contributed by atoms with E-state index in [1.165, 1.54) is 5.56 Å². The van der Waals surface area contributed by atoms with Gasteiger partial charge >= 0.3 is 5.56 Å². The lowest BCUT2D eigenvalue weighted by Crippen LogP contribution is -2.28. The molecule has 156 valence electrons. The summed E-state index contributed by atoms with van der Waals surface area (Å²) in [5.74, 6) is -0.251. The molecule has 3 rings (SSSR count). The molecule has 6 nitrogen and oxygen atoms in total. The lowest BCUT2D eigenvalue weighted by molar-refractivity contribution is 0.0864. The molecule has 3 aromatic rings. The van der Waals surface area contributed by atoms with E-state index in [4.69, 9.17) is 11.6 Å². The van der Waals surface area contributed by atoms with Gasteiger partial charge in [-0.3, -0.25) is 14.7 Å². The number of rotatable bonds is 6. The number of nitrogens with zero attached hydrogens (tertiary/aromatic N) is 3. The van der Waals surface area contributed by atoms with E-state index in [9.17, 15) is 9.59 Å². The average molecular weight is 425 g/mol. The molecule has 30 heavy (non-hydrogen) atoms. The third kappa shape index (κ3) is 4.94. The van der Waals surface area contributed by atoms with Crippen molar-refractivity contribution < 1.29 is 4.79 Å². The molecule has 7 heteroatoms. The van der Waals surface area contributed by atoms with E-state index < -0.39 is 11.5 Å². The smallest absolute Gasteiger partial charge is 0.290 e. The summed E-state index contributed by atoms with van der Waals surface area (Å²) in [4.78, 5) is 25.7. The van der Waals surface area contributed by atoms with E-state index in [2.05, 4.69) is 29.2 Å². The van der Waals surface area contributed by atoms with Crippen LogP contribution >= 0.6 is 11.6 Å². The van der Waals surface area contributed by atoms with E-state index in [-0.39, 0.29) is 11.6 Å². The van der Waals surface area contributed by atoms with Crippen LogP contribution < -0.4 is 5.56 Å². The summed E-state index contributed by atoms with van der Waals surface area (Å²) in [6.45, 7) is 7.81. The summed E-state index contributed by atoms with van der Waals surface area (Å²) in [5, 5.41) is 11.5. The molecule has 0 aliphatic carbocycles.